The lowest BCUT2D eigenvalue weighted by molar-refractivity contribution is -0.124. The summed E-state index contributed by atoms with van der Waals surface area (Å²) in [4.78, 5) is 27.9. The molecule has 1 saturated heterocycles. The second kappa shape index (κ2) is 5.80. The lowest BCUT2D eigenvalue weighted by Gasteiger charge is -2.26. The fourth-order valence-corrected chi connectivity index (χ4v) is 4.73. The number of carbonyl (C=O) groups is 2. The van der Waals surface area contributed by atoms with Crippen molar-refractivity contribution in [3.8, 4) is 0 Å². The summed E-state index contributed by atoms with van der Waals surface area (Å²) >= 11 is 5.95. The number of anilines is 1. The Labute approximate surface area is 162 Å². The maximum atomic E-state index is 13.3. The molecule has 2 fully saturated rings. The number of piperidine rings is 1. The van der Waals surface area contributed by atoms with Crippen LogP contribution in [0.4, 0.5) is 5.69 Å². The second-order valence-electron chi connectivity index (χ2n) is 7.04. The van der Waals surface area contributed by atoms with Gasteiger partial charge >= 0.3 is 0 Å². The van der Waals surface area contributed by atoms with Gasteiger partial charge in [0.15, 0.2) is 0 Å². The van der Waals surface area contributed by atoms with Gasteiger partial charge in [0, 0.05) is 10.4 Å². The van der Waals surface area contributed by atoms with E-state index in [-0.39, 0.29) is 23.7 Å². The van der Waals surface area contributed by atoms with Gasteiger partial charge in [0.1, 0.15) is 0 Å². The Kier molecular flexibility index (Phi) is 3.49. The fraction of sp³-hybridized carbons (Fsp3) is 0.130. The van der Waals surface area contributed by atoms with E-state index in [1.165, 1.54) is 4.90 Å². The Hall–Kier alpha value is -2.91. The first-order chi connectivity index (χ1) is 13.2. The second-order valence-corrected chi connectivity index (χ2v) is 7.48. The Bertz CT molecular complexity index is 967. The van der Waals surface area contributed by atoms with E-state index in [1.807, 2.05) is 60.7 Å². The van der Waals surface area contributed by atoms with Crippen LogP contribution in [-0.2, 0) is 15.0 Å². The molecule has 0 radical (unpaired) electrons. The van der Waals surface area contributed by atoms with E-state index >= 15 is 0 Å². The summed E-state index contributed by atoms with van der Waals surface area (Å²) in [6.45, 7) is 0. The number of benzene rings is 3. The smallest absolute Gasteiger partial charge is 0.239 e. The standard InChI is InChI=1S/C23H16ClNO2/c24-17-11-13-18(14-12-17)25-21(26)19-20(22(25)27)23(19,15-7-3-1-4-8-15)16-9-5-2-6-10-16/h1-14,19-20H/t19-,20+. The molecule has 1 saturated carbocycles. The molecule has 2 atom stereocenters. The van der Waals surface area contributed by atoms with E-state index in [0.717, 1.165) is 11.1 Å². The van der Waals surface area contributed by atoms with Gasteiger partial charge in [0.25, 0.3) is 0 Å². The number of nitrogens with zero attached hydrogens (tertiary/aromatic N) is 1. The van der Waals surface area contributed by atoms with Crippen molar-refractivity contribution < 1.29 is 9.59 Å². The van der Waals surface area contributed by atoms with Gasteiger partial charge in [-0.25, -0.2) is 4.90 Å². The van der Waals surface area contributed by atoms with E-state index < -0.39 is 5.41 Å². The molecule has 0 unspecified atom stereocenters. The average molecular weight is 374 g/mol. The van der Waals surface area contributed by atoms with Crippen molar-refractivity contribution in [1.29, 1.82) is 0 Å². The molecule has 5 rings (SSSR count). The van der Waals surface area contributed by atoms with Crippen molar-refractivity contribution in [2.24, 2.45) is 11.8 Å². The first kappa shape index (κ1) is 16.3. The van der Waals surface area contributed by atoms with Gasteiger partial charge in [-0.2, -0.15) is 0 Å². The van der Waals surface area contributed by atoms with E-state index in [1.54, 1.807) is 24.3 Å². The molecule has 2 amide bonds. The third kappa shape index (κ3) is 2.15. The largest absolute Gasteiger partial charge is 0.274 e. The van der Waals surface area contributed by atoms with E-state index in [2.05, 4.69) is 0 Å². The molecule has 1 heterocycles. The van der Waals surface area contributed by atoms with Crippen molar-refractivity contribution in [3.05, 3.63) is 101 Å². The number of rotatable bonds is 3. The fourth-order valence-electron chi connectivity index (χ4n) is 4.61. The van der Waals surface area contributed by atoms with Crippen molar-refractivity contribution in [1.82, 2.24) is 0 Å². The quantitative estimate of drug-likeness (QED) is 0.636. The van der Waals surface area contributed by atoms with E-state index in [0.29, 0.717) is 10.7 Å². The molecule has 0 aromatic heterocycles. The van der Waals surface area contributed by atoms with Crippen LogP contribution < -0.4 is 4.90 Å². The Morgan fingerprint density at radius 2 is 1.11 bits per heavy atom. The lowest BCUT2D eigenvalue weighted by atomic mass is 9.83. The third-order valence-electron chi connectivity index (χ3n) is 5.77. The summed E-state index contributed by atoms with van der Waals surface area (Å²) in [5.74, 6) is -1.02. The molecule has 2 aliphatic rings. The zero-order valence-electron chi connectivity index (χ0n) is 14.4. The van der Waals surface area contributed by atoms with Crippen LogP contribution >= 0.6 is 11.6 Å². The number of hydrogen-bond acceptors (Lipinski definition) is 2. The van der Waals surface area contributed by atoms with E-state index in [4.69, 9.17) is 11.6 Å². The van der Waals surface area contributed by atoms with Crippen molar-refractivity contribution in [2.45, 2.75) is 5.41 Å². The molecule has 1 aliphatic heterocycles. The van der Waals surface area contributed by atoms with Crippen LogP contribution in [0, 0.1) is 11.8 Å². The molecule has 0 bridgehead atoms. The molecular formula is C23H16ClNO2. The molecular weight excluding hydrogens is 358 g/mol. The predicted molar refractivity (Wildman–Crippen MR) is 105 cm³/mol. The van der Waals surface area contributed by atoms with E-state index in [9.17, 15) is 9.59 Å². The Morgan fingerprint density at radius 3 is 1.56 bits per heavy atom. The van der Waals surface area contributed by atoms with Gasteiger partial charge in [-0.1, -0.05) is 72.3 Å². The van der Waals surface area contributed by atoms with Gasteiger partial charge in [0.2, 0.25) is 11.8 Å². The molecule has 132 valence electrons. The molecule has 27 heavy (non-hydrogen) atoms. The summed E-state index contributed by atoms with van der Waals surface area (Å²) in [5.41, 5.74) is 2.04. The maximum Gasteiger partial charge on any atom is 0.239 e. The highest BCUT2D eigenvalue weighted by atomic mass is 35.5. The van der Waals surface area contributed by atoms with Crippen LogP contribution in [-0.4, -0.2) is 11.8 Å². The van der Waals surface area contributed by atoms with Gasteiger partial charge in [-0.05, 0) is 35.4 Å². The Morgan fingerprint density at radius 1 is 0.667 bits per heavy atom. The van der Waals surface area contributed by atoms with Crippen LogP contribution in [0.5, 0.6) is 0 Å². The normalized spacial score (nSPS) is 22.6. The minimum absolute atomic E-state index is 0.139. The van der Waals surface area contributed by atoms with Crippen LogP contribution in [0.1, 0.15) is 11.1 Å². The number of fused-ring (bicyclic) bond motifs is 1. The first-order valence-electron chi connectivity index (χ1n) is 8.90. The number of hydrogen-bond donors (Lipinski definition) is 0. The topological polar surface area (TPSA) is 37.4 Å². The SMILES string of the molecule is O=C1[C@@H]2[C@H](C(=O)N1c1ccc(Cl)cc1)C2(c1ccccc1)c1ccccc1. The minimum atomic E-state index is -0.570. The highest BCUT2D eigenvalue weighted by Gasteiger charge is 2.78. The molecule has 3 aromatic carbocycles. The Balaban J connectivity index is 1.61. The number of halogens is 1. The third-order valence-corrected chi connectivity index (χ3v) is 6.02. The van der Waals surface area contributed by atoms with Crippen molar-refractivity contribution in [2.75, 3.05) is 4.90 Å². The molecule has 0 spiro atoms. The molecule has 3 nitrogen and oxygen atoms in total. The average Bonchev–Trinajstić information content (AvgIpc) is 3.35. The summed E-state index contributed by atoms with van der Waals surface area (Å²) < 4.78 is 0. The first-order valence-corrected chi connectivity index (χ1v) is 9.28. The highest BCUT2D eigenvalue weighted by molar-refractivity contribution is 6.31. The van der Waals surface area contributed by atoms with Crippen molar-refractivity contribution >= 4 is 29.1 Å². The number of imide groups is 1. The van der Waals surface area contributed by atoms with Crippen LogP contribution in [0.3, 0.4) is 0 Å². The number of amides is 2. The van der Waals surface area contributed by atoms with Crippen LogP contribution in [0.15, 0.2) is 84.9 Å². The molecule has 3 aromatic rings. The molecule has 0 N–H and O–H groups in total. The van der Waals surface area contributed by atoms with Gasteiger partial charge in [0.05, 0.1) is 17.5 Å². The summed E-state index contributed by atoms with van der Waals surface area (Å²) in [6, 6.07) is 26.6. The summed E-state index contributed by atoms with van der Waals surface area (Å²) in [7, 11) is 0. The van der Waals surface area contributed by atoms with Crippen molar-refractivity contribution in [3.63, 3.8) is 0 Å². The van der Waals surface area contributed by atoms with Gasteiger partial charge in [-0.3, -0.25) is 9.59 Å². The summed E-state index contributed by atoms with van der Waals surface area (Å²) in [6.07, 6.45) is 0. The number of carbonyl (C=O) groups excluding carboxylic acids is 2. The maximum absolute atomic E-state index is 13.3. The van der Waals surface area contributed by atoms with Crippen LogP contribution in [0.2, 0.25) is 5.02 Å². The van der Waals surface area contributed by atoms with Gasteiger partial charge < -0.3 is 0 Å². The van der Waals surface area contributed by atoms with Crippen LogP contribution in [0.25, 0.3) is 0 Å². The zero-order chi connectivity index (χ0) is 18.6. The minimum Gasteiger partial charge on any atom is -0.274 e. The zero-order valence-corrected chi connectivity index (χ0v) is 15.1. The molecule has 1 aliphatic carbocycles. The molecule has 4 heteroatoms. The predicted octanol–water partition coefficient (Wildman–Crippen LogP) is 4.45. The summed E-state index contributed by atoms with van der Waals surface area (Å²) in [5, 5.41) is 0.575. The van der Waals surface area contributed by atoms with Gasteiger partial charge in [-0.15, -0.1) is 0 Å². The highest BCUT2D eigenvalue weighted by Crippen LogP contribution is 2.68. The lowest BCUT2D eigenvalue weighted by Crippen LogP contribution is -2.39. The monoisotopic (exact) mass is 373 g/mol.